The van der Waals surface area contributed by atoms with Crippen LogP contribution in [0.5, 0.6) is 0 Å². The Morgan fingerprint density at radius 3 is 3.00 bits per heavy atom. The average molecular weight is 219 g/mol. The predicted molar refractivity (Wildman–Crippen MR) is 63.0 cm³/mol. The third-order valence-corrected chi connectivity index (χ3v) is 3.07. The number of hydrogen-bond acceptors (Lipinski definition) is 3. The Kier molecular flexibility index (Phi) is 3.08. The second kappa shape index (κ2) is 4.51. The number of carbonyl (C=O) groups excluding carboxylic acids is 1. The average Bonchev–Trinajstić information content (AvgIpc) is 2.29. The first-order chi connectivity index (χ1) is 7.68. The summed E-state index contributed by atoms with van der Waals surface area (Å²) in [7, 11) is 0. The number of hydrogen-bond donors (Lipinski definition) is 1. The molecule has 1 aliphatic heterocycles. The number of amides is 1. The second-order valence-electron chi connectivity index (χ2n) is 4.35. The van der Waals surface area contributed by atoms with E-state index < -0.39 is 0 Å². The molecule has 1 saturated heterocycles. The standard InChI is InChI=1S/C12H17N3O/c1-9-4-2-3-5-15(9)12(16)10-6-11(13)8-14-7-10/h6-9H,2-5,13H2,1H3/t9-/m1/s1. The number of nitrogens with zero attached hydrogens (tertiary/aromatic N) is 2. The van der Waals surface area contributed by atoms with Gasteiger partial charge >= 0.3 is 0 Å². The molecule has 1 amide bonds. The van der Waals surface area contributed by atoms with E-state index in [0.717, 1.165) is 19.4 Å². The van der Waals surface area contributed by atoms with Crippen molar-refractivity contribution in [1.82, 2.24) is 9.88 Å². The molecular weight excluding hydrogens is 202 g/mol. The van der Waals surface area contributed by atoms with E-state index in [-0.39, 0.29) is 5.91 Å². The van der Waals surface area contributed by atoms with Gasteiger partial charge in [-0.3, -0.25) is 9.78 Å². The van der Waals surface area contributed by atoms with E-state index in [0.29, 0.717) is 17.3 Å². The first kappa shape index (κ1) is 10.9. The summed E-state index contributed by atoms with van der Waals surface area (Å²) in [6.07, 6.45) is 6.52. The van der Waals surface area contributed by atoms with Gasteiger partial charge in [-0.1, -0.05) is 0 Å². The summed E-state index contributed by atoms with van der Waals surface area (Å²) in [4.78, 5) is 18.1. The minimum absolute atomic E-state index is 0.0481. The molecule has 0 radical (unpaired) electrons. The maximum atomic E-state index is 12.2. The number of piperidine rings is 1. The van der Waals surface area contributed by atoms with Crippen LogP contribution < -0.4 is 5.73 Å². The predicted octanol–water partition coefficient (Wildman–Crippen LogP) is 1.68. The lowest BCUT2D eigenvalue weighted by molar-refractivity contribution is 0.0635. The molecule has 0 bridgehead atoms. The quantitative estimate of drug-likeness (QED) is 0.781. The Labute approximate surface area is 95.5 Å². The largest absolute Gasteiger partial charge is 0.397 e. The van der Waals surface area contributed by atoms with Crippen LogP contribution in [0.15, 0.2) is 18.5 Å². The third-order valence-electron chi connectivity index (χ3n) is 3.07. The summed E-state index contributed by atoms with van der Waals surface area (Å²) in [5.74, 6) is 0.0481. The maximum Gasteiger partial charge on any atom is 0.255 e. The molecule has 0 aromatic carbocycles. The Hall–Kier alpha value is -1.58. The lowest BCUT2D eigenvalue weighted by atomic mass is 10.0. The number of carbonyl (C=O) groups is 1. The monoisotopic (exact) mass is 219 g/mol. The molecule has 0 spiro atoms. The van der Waals surface area contributed by atoms with Crippen molar-refractivity contribution in [3.8, 4) is 0 Å². The van der Waals surface area contributed by atoms with Gasteiger partial charge in [0.1, 0.15) is 0 Å². The van der Waals surface area contributed by atoms with Crippen LogP contribution in [-0.4, -0.2) is 28.4 Å². The zero-order chi connectivity index (χ0) is 11.5. The van der Waals surface area contributed by atoms with Gasteiger partial charge in [0.05, 0.1) is 11.3 Å². The van der Waals surface area contributed by atoms with E-state index in [1.807, 2.05) is 4.90 Å². The highest BCUT2D eigenvalue weighted by Gasteiger charge is 2.24. The summed E-state index contributed by atoms with van der Waals surface area (Å²) >= 11 is 0. The van der Waals surface area contributed by atoms with Crippen LogP contribution in [-0.2, 0) is 0 Å². The number of nitrogen functional groups attached to an aromatic ring is 1. The minimum Gasteiger partial charge on any atom is -0.397 e. The Bertz CT molecular complexity index is 392. The topological polar surface area (TPSA) is 59.2 Å². The van der Waals surface area contributed by atoms with Gasteiger partial charge in [-0.25, -0.2) is 0 Å². The number of nitrogens with two attached hydrogens (primary N) is 1. The van der Waals surface area contributed by atoms with E-state index >= 15 is 0 Å². The van der Waals surface area contributed by atoms with Gasteiger partial charge in [0.2, 0.25) is 0 Å². The molecule has 0 unspecified atom stereocenters. The molecule has 0 aliphatic carbocycles. The summed E-state index contributed by atoms with van der Waals surface area (Å²) in [6.45, 7) is 2.94. The Morgan fingerprint density at radius 2 is 2.31 bits per heavy atom. The van der Waals surface area contributed by atoms with Crippen molar-refractivity contribution in [2.45, 2.75) is 32.2 Å². The second-order valence-corrected chi connectivity index (χ2v) is 4.35. The molecule has 4 heteroatoms. The fraction of sp³-hybridized carbons (Fsp3) is 0.500. The van der Waals surface area contributed by atoms with Crippen molar-refractivity contribution in [2.24, 2.45) is 0 Å². The van der Waals surface area contributed by atoms with Crippen LogP contribution in [0.4, 0.5) is 5.69 Å². The molecule has 1 aliphatic rings. The fourth-order valence-electron chi connectivity index (χ4n) is 2.14. The van der Waals surface area contributed by atoms with Crippen molar-refractivity contribution in [2.75, 3.05) is 12.3 Å². The van der Waals surface area contributed by atoms with Crippen LogP contribution in [0.25, 0.3) is 0 Å². The van der Waals surface area contributed by atoms with Gasteiger partial charge in [0.15, 0.2) is 0 Å². The number of pyridine rings is 1. The molecule has 1 aromatic rings. The summed E-state index contributed by atoms with van der Waals surface area (Å²) in [5.41, 5.74) is 6.76. The molecule has 2 heterocycles. The minimum atomic E-state index is 0.0481. The zero-order valence-electron chi connectivity index (χ0n) is 9.52. The highest BCUT2D eigenvalue weighted by atomic mass is 16.2. The maximum absolute atomic E-state index is 12.2. The van der Waals surface area contributed by atoms with Gasteiger partial charge < -0.3 is 10.6 Å². The highest BCUT2D eigenvalue weighted by Crippen LogP contribution is 2.19. The van der Waals surface area contributed by atoms with Crippen LogP contribution in [0.1, 0.15) is 36.5 Å². The van der Waals surface area contributed by atoms with Crippen LogP contribution in [0.2, 0.25) is 0 Å². The molecule has 1 fully saturated rings. The van der Waals surface area contributed by atoms with Gasteiger partial charge in [0, 0.05) is 25.0 Å². The normalized spacial score (nSPS) is 20.8. The Morgan fingerprint density at radius 1 is 1.50 bits per heavy atom. The molecular formula is C12H17N3O. The van der Waals surface area contributed by atoms with Crippen LogP contribution in [0, 0.1) is 0 Å². The van der Waals surface area contributed by atoms with Gasteiger partial charge in [-0.15, -0.1) is 0 Å². The van der Waals surface area contributed by atoms with Crippen LogP contribution in [0.3, 0.4) is 0 Å². The molecule has 0 saturated carbocycles. The molecule has 4 nitrogen and oxygen atoms in total. The lowest BCUT2D eigenvalue weighted by Crippen LogP contribution is -2.42. The summed E-state index contributed by atoms with van der Waals surface area (Å²) in [5, 5.41) is 0. The van der Waals surface area contributed by atoms with E-state index in [1.165, 1.54) is 6.42 Å². The SMILES string of the molecule is C[C@@H]1CCCCN1C(=O)c1cncc(N)c1. The van der Waals surface area contributed by atoms with Crippen LogP contribution >= 0.6 is 0 Å². The molecule has 1 aromatic heterocycles. The number of likely N-dealkylation sites (tertiary alicyclic amines) is 1. The lowest BCUT2D eigenvalue weighted by Gasteiger charge is -2.33. The summed E-state index contributed by atoms with van der Waals surface area (Å²) in [6, 6.07) is 2.01. The van der Waals surface area contributed by atoms with E-state index in [4.69, 9.17) is 5.73 Å². The smallest absolute Gasteiger partial charge is 0.255 e. The molecule has 86 valence electrons. The van der Waals surface area contributed by atoms with Crippen molar-refractivity contribution in [3.05, 3.63) is 24.0 Å². The van der Waals surface area contributed by atoms with Crippen molar-refractivity contribution in [1.29, 1.82) is 0 Å². The van der Waals surface area contributed by atoms with Gasteiger partial charge in [-0.05, 0) is 32.3 Å². The van der Waals surface area contributed by atoms with E-state index in [9.17, 15) is 4.79 Å². The van der Waals surface area contributed by atoms with Crippen molar-refractivity contribution >= 4 is 11.6 Å². The third kappa shape index (κ3) is 2.15. The van der Waals surface area contributed by atoms with Crippen molar-refractivity contribution < 1.29 is 4.79 Å². The number of anilines is 1. The summed E-state index contributed by atoms with van der Waals surface area (Å²) < 4.78 is 0. The van der Waals surface area contributed by atoms with Gasteiger partial charge in [0.25, 0.3) is 5.91 Å². The number of rotatable bonds is 1. The molecule has 2 rings (SSSR count). The molecule has 1 atom stereocenters. The zero-order valence-corrected chi connectivity index (χ0v) is 9.52. The first-order valence-corrected chi connectivity index (χ1v) is 5.70. The number of aromatic nitrogens is 1. The highest BCUT2D eigenvalue weighted by molar-refractivity contribution is 5.94. The first-order valence-electron chi connectivity index (χ1n) is 5.70. The van der Waals surface area contributed by atoms with Gasteiger partial charge in [-0.2, -0.15) is 0 Å². The van der Waals surface area contributed by atoms with Crippen molar-refractivity contribution in [3.63, 3.8) is 0 Å². The van der Waals surface area contributed by atoms with E-state index in [1.54, 1.807) is 18.5 Å². The molecule has 16 heavy (non-hydrogen) atoms. The fourth-order valence-corrected chi connectivity index (χ4v) is 2.14. The van der Waals surface area contributed by atoms with E-state index in [2.05, 4.69) is 11.9 Å². The Balaban J connectivity index is 2.17. The molecule has 2 N–H and O–H groups in total.